The minimum Gasteiger partial charge on any atom is -0.461 e. The molecule has 1 aromatic carbocycles. The second kappa shape index (κ2) is 6.37. The fraction of sp³-hybridized carbons (Fsp3) is 0.273. The summed E-state index contributed by atoms with van der Waals surface area (Å²) in [4.78, 5) is 11.1. The molecule has 0 aliphatic heterocycles. The van der Waals surface area contributed by atoms with Crippen LogP contribution in [-0.4, -0.2) is 5.97 Å². The summed E-state index contributed by atoms with van der Waals surface area (Å²) >= 11 is 11.5. The van der Waals surface area contributed by atoms with Crippen LogP contribution in [0.25, 0.3) is 0 Å². The Balaban J connectivity index is 2.46. The van der Waals surface area contributed by atoms with E-state index in [4.69, 9.17) is 33.2 Å². The molecule has 0 amide bonds. The maximum Gasteiger partial charge on any atom is 0.307 e. The minimum atomic E-state index is -0.396. The Morgan fingerprint density at radius 1 is 1.38 bits per heavy atom. The van der Waals surface area contributed by atoms with E-state index < -0.39 is 5.97 Å². The molecule has 1 rings (SSSR count). The summed E-state index contributed by atoms with van der Waals surface area (Å²) < 4.78 is 4.93. The van der Waals surface area contributed by atoms with E-state index in [2.05, 4.69) is 0 Å². The summed E-state index contributed by atoms with van der Waals surface area (Å²) in [5.41, 5.74) is 0.764. The van der Waals surface area contributed by atoms with Crippen LogP contribution < -0.4 is 0 Å². The first-order chi connectivity index (χ1) is 7.63. The van der Waals surface area contributed by atoms with Crippen LogP contribution in [0.5, 0.6) is 0 Å². The number of carbonyl (C=O) groups is 1. The van der Waals surface area contributed by atoms with Crippen molar-refractivity contribution in [2.45, 2.75) is 19.4 Å². The lowest BCUT2D eigenvalue weighted by molar-refractivity contribution is -0.144. The third-order valence-electron chi connectivity index (χ3n) is 1.82. The van der Waals surface area contributed by atoms with Gasteiger partial charge in [-0.05, 0) is 17.7 Å². The molecule has 5 heteroatoms. The molecule has 0 saturated carbocycles. The number of carbonyl (C=O) groups excluding carboxylic acids is 1. The van der Waals surface area contributed by atoms with Crippen molar-refractivity contribution in [1.29, 1.82) is 5.26 Å². The van der Waals surface area contributed by atoms with Crippen molar-refractivity contribution in [3.05, 3.63) is 33.8 Å². The molecule has 0 N–H and O–H groups in total. The summed E-state index contributed by atoms with van der Waals surface area (Å²) in [6.07, 6.45) is 0.276. The number of rotatable bonds is 4. The molecule has 16 heavy (non-hydrogen) atoms. The van der Waals surface area contributed by atoms with Crippen molar-refractivity contribution in [1.82, 2.24) is 0 Å². The van der Waals surface area contributed by atoms with Gasteiger partial charge in [-0.3, -0.25) is 4.79 Å². The second-order valence-electron chi connectivity index (χ2n) is 3.07. The Labute approximate surface area is 104 Å². The number of ether oxygens (including phenoxy) is 1. The van der Waals surface area contributed by atoms with E-state index in [0.29, 0.717) is 10.0 Å². The van der Waals surface area contributed by atoms with Crippen molar-refractivity contribution in [2.75, 3.05) is 0 Å². The standard InChI is InChI=1S/C11H9Cl2NO2/c12-9-4-3-8(6-10(9)13)7-16-11(15)2-1-5-14/h3-4,6H,1-2,7H2. The molecule has 84 valence electrons. The van der Waals surface area contributed by atoms with Gasteiger partial charge in [0.15, 0.2) is 0 Å². The maximum atomic E-state index is 11.1. The summed E-state index contributed by atoms with van der Waals surface area (Å²) in [6.45, 7) is 0.140. The SMILES string of the molecule is N#CCCC(=O)OCc1ccc(Cl)c(Cl)c1. The summed E-state index contributed by atoms with van der Waals surface area (Å²) in [7, 11) is 0. The number of nitrogens with zero attached hydrogens (tertiary/aromatic N) is 1. The van der Waals surface area contributed by atoms with Gasteiger partial charge >= 0.3 is 5.97 Å². The van der Waals surface area contributed by atoms with Crippen molar-refractivity contribution >= 4 is 29.2 Å². The van der Waals surface area contributed by atoms with Crippen molar-refractivity contribution in [3.63, 3.8) is 0 Å². The van der Waals surface area contributed by atoms with E-state index in [9.17, 15) is 4.79 Å². The average molecular weight is 258 g/mol. The van der Waals surface area contributed by atoms with E-state index in [-0.39, 0.29) is 19.4 Å². The van der Waals surface area contributed by atoms with E-state index >= 15 is 0 Å². The van der Waals surface area contributed by atoms with Crippen molar-refractivity contribution in [2.24, 2.45) is 0 Å². The highest BCUT2D eigenvalue weighted by Crippen LogP contribution is 2.22. The molecule has 0 aliphatic carbocycles. The van der Waals surface area contributed by atoms with Crippen LogP contribution in [0.1, 0.15) is 18.4 Å². The highest BCUT2D eigenvalue weighted by atomic mass is 35.5. The quantitative estimate of drug-likeness (QED) is 0.778. The molecule has 0 unspecified atom stereocenters. The zero-order chi connectivity index (χ0) is 12.0. The lowest BCUT2D eigenvalue weighted by Crippen LogP contribution is -2.03. The first-order valence-corrected chi connectivity index (χ1v) is 5.35. The van der Waals surface area contributed by atoms with Gasteiger partial charge in [0, 0.05) is 6.42 Å². The van der Waals surface area contributed by atoms with E-state index in [1.54, 1.807) is 18.2 Å². The van der Waals surface area contributed by atoms with E-state index in [1.165, 1.54) is 0 Å². The van der Waals surface area contributed by atoms with Crippen LogP contribution in [0, 0.1) is 11.3 Å². The molecular formula is C11H9Cl2NO2. The normalized spacial score (nSPS) is 9.56. The van der Waals surface area contributed by atoms with Gasteiger partial charge in [-0.15, -0.1) is 0 Å². The predicted molar refractivity (Wildman–Crippen MR) is 61.1 cm³/mol. The molecule has 0 bridgehead atoms. The number of halogens is 2. The molecule has 0 radical (unpaired) electrons. The van der Waals surface area contributed by atoms with Crippen molar-refractivity contribution in [3.8, 4) is 6.07 Å². The predicted octanol–water partition coefficient (Wildman–Crippen LogP) is 3.34. The number of nitriles is 1. The summed E-state index contributed by atoms with van der Waals surface area (Å²) in [5, 5.41) is 9.16. The number of hydrogen-bond donors (Lipinski definition) is 0. The van der Waals surface area contributed by atoms with Gasteiger partial charge in [0.05, 0.1) is 22.5 Å². The maximum absolute atomic E-state index is 11.1. The zero-order valence-corrected chi connectivity index (χ0v) is 9.88. The highest BCUT2D eigenvalue weighted by Gasteiger charge is 2.04. The molecule has 1 aromatic rings. The lowest BCUT2D eigenvalue weighted by atomic mass is 10.2. The molecule has 0 spiro atoms. The van der Waals surface area contributed by atoms with E-state index in [0.717, 1.165) is 5.56 Å². The molecule has 0 fully saturated rings. The van der Waals surface area contributed by atoms with Crippen LogP contribution in [0.2, 0.25) is 10.0 Å². The third kappa shape index (κ3) is 4.09. The zero-order valence-electron chi connectivity index (χ0n) is 8.37. The summed E-state index contributed by atoms with van der Waals surface area (Å²) in [6, 6.07) is 6.88. The van der Waals surface area contributed by atoms with Gasteiger partial charge in [0.25, 0.3) is 0 Å². The lowest BCUT2D eigenvalue weighted by Gasteiger charge is -2.04. The average Bonchev–Trinajstić information content (AvgIpc) is 2.28. The topological polar surface area (TPSA) is 50.1 Å². The second-order valence-corrected chi connectivity index (χ2v) is 3.88. The first kappa shape index (κ1) is 12.8. The fourth-order valence-electron chi connectivity index (χ4n) is 1.02. The Morgan fingerprint density at radius 3 is 2.75 bits per heavy atom. The van der Waals surface area contributed by atoms with Gasteiger partial charge in [-0.1, -0.05) is 29.3 Å². The Bertz CT molecular complexity index is 426. The van der Waals surface area contributed by atoms with Gasteiger partial charge < -0.3 is 4.74 Å². The molecule has 0 aliphatic rings. The van der Waals surface area contributed by atoms with Crippen LogP contribution in [-0.2, 0) is 16.1 Å². The van der Waals surface area contributed by atoms with Crippen molar-refractivity contribution < 1.29 is 9.53 Å². The molecule has 0 heterocycles. The largest absolute Gasteiger partial charge is 0.461 e. The smallest absolute Gasteiger partial charge is 0.307 e. The van der Waals surface area contributed by atoms with Crippen LogP contribution in [0.15, 0.2) is 18.2 Å². The fourth-order valence-corrected chi connectivity index (χ4v) is 1.34. The van der Waals surface area contributed by atoms with Gasteiger partial charge in [0.1, 0.15) is 6.61 Å². The number of hydrogen-bond acceptors (Lipinski definition) is 3. The highest BCUT2D eigenvalue weighted by molar-refractivity contribution is 6.42. The van der Waals surface area contributed by atoms with Crippen LogP contribution >= 0.6 is 23.2 Å². The Morgan fingerprint density at radius 2 is 2.12 bits per heavy atom. The van der Waals surface area contributed by atoms with Gasteiger partial charge in [0.2, 0.25) is 0 Å². The van der Waals surface area contributed by atoms with Crippen LogP contribution in [0.3, 0.4) is 0 Å². The van der Waals surface area contributed by atoms with Gasteiger partial charge in [-0.2, -0.15) is 5.26 Å². The molecule has 3 nitrogen and oxygen atoms in total. The number of esters is 1. The Hall–Kier alpha value is -1.24. The molecule has 0 atom stereocenters. The minimum absolute atomic E-state index is 0.109. The Kier molecular flexibility index (Phi) is 5.10. The summed E-state index contributed by atoms with van der Waals surface area (Å²) in [5.74, 6) is -0.396. The monoisotopic (exact) mass is 257 g/mol. The van der Waals surface area contributed by atoms with Crippen LogP contribution in [0.4, 0.5) is 0 Å². The first-order valence-electron chi connectivity index (χ1n) is 4.60. The molecular weight excluding hydrogens is 249 g/mol. The third-order valence-corrected chi connectivity index (χ3v) is 2.56. The number of benzene rings is 1. The van der Waals surface area contributed by atoms with Gasteiger partial charge in [-0.25, -0.2) is 0 Å². The molecule has 0 saturated heterocycles. The van der Waals surface area contributed by atoms with E-state index in [1.807, 2.05) is 6.07 Å². The molecule has 0 aromatic heterocycles.